The average molecular weight is 190 g/mol. The summed E-state index contributed by atoms with van der Waals surface area (Å²) in [6, 6.07) is 0. The number of nitrogens with zero attached hydrogens (tertiary/aromatic N) is 1. The summed E-state index contributed by atoms with van der Waals surface area (Å²) >= 11 is 0. The molecule has 0 atom stereocenters. The minimum atomic E-state index is -3.06. The summed E-state index contributed by atoms with van der Waals surface area (Å²) in [6.45, 7) is 1.67. The van der Waals surface area contributed by atoms with Crippen molar-refractivity contribution in [2.45, 2.75) is 12.7 Å². The number of rotatable bonds is 2. The van der Waals surface area contributed by atoms with Crippen LogP contribution in [0.25, 0.3) is 0 Å². The first kappa shape index (κ1) is 9.05. The van der Waals surface area contributed by atoms with Crippen molar-refractivity contribution in [1.29, 1.82) is 0 Å². The van der Waals surface area contributed by atoms with Crippen molar-refractivity contribution in [2.24, 2.45) is 0 Å². The van der Waals surface area contributed by atoms with Crippen LogP contribution >= 0.6 is 0 Å². The Labute approximate surface area is 70.5 Å². The molecule has 0 aliphatic heterocycles. The Morgan fingerprint density at radius 2 is 2.17 bits per heavy atom. The highest BCUT2D eigenvalue weighted by molar-refractivity contribution is 7.89. The van der Waals surface area contributed by atoms with E-state index in [0.717, 1.165) is 6.26 Å². The molecule has 0 saturated carbocycles. The summed E-state index contributed by atoms with van der Waals surface area (Å²) in [5, 5.41) is 3.52. The van der Waals surface area contributed by atoms with E-state index in [9.17, 15) is 8.42 Å². The van der Waals surface area contributed by atoms with Crippen molar-refractivity contribution < 1.29 is 12.9 Å². The van der Waals surface area contributed by atoms with E-state index in [1.54, 1.807) is 6.92 Å². The van der Waals surface area contributed by atoms with Crippen LogP contribution in [0.5, 0.6) is 0 Å². The maximum Gasteiger partial charge on any atom is 0.225 e. The quantitative estimate of drug-likeness (QED) is 0.715. The van der Waals surface area contributed by atoms with E-state index in [1.165, 1.54) is 0 Å². The molecule has 0 amide bonds. The highest BCUT2D eigenvalue weighted by Crippen LogP contribution is 2.16. The maximum absolute atomic E-state index is 10.8. The first-order valence-corrected chi connectivity index (χ1v) is 5.34. The normalized spacial score (nSPS) is 11.8. The van der Waals surface area contributed by atoms with Gasteiger partial charge < -0.3 is 10.3 Å². The van der Waals surface area contributed by atoms with E-state index in [-0.39, 0.29) is 11.6 Å². The van der Waals surface area contributed by atoms with E-state index >= 15 is 0 Å². The SMILES string of the molecule is Cc1c(CS(C)(=O)=O)noc1N. The number of hydrogen-bond acceptors (Lipinski definition) is 5. The molecule has 0 unspecified atom stereocenters. The Morgan fingerprint density at radius 3 is 2.50 bits per heavy atom. The number of anilines is 1. The van der Waals surface area contributed by atoms with Gasteiger partial charge in [-0.25, -0.2) is 8.42 Å². The highest BCUT2D eigenvalue weighted by atomic mass is 32.2. The molecular weight excluding hydrogens is 180 g/mol. The molecule has 0 bridgehead atoms. The number of sulfone groups is 1. The number of nitrogens with two attached hydrogens (primary N) is 1. The lowest BCUT2D eigenvalue weighted by Crippen LogP contribution is -2.02. The summed E-state index contributed by atoms with van der Waals surface area (Å²) in [6.07, 6.45) is 1.14. The second kappa shape index (κ2) is 2.78. The molecule has 1 rings (SSSR count). The fraction of sp³-hybridized carbons (Fsp3) is 0.500. The standard InChI is InChI=1S/C6H10N2O3S/c1-4-5(3-12(2,9)10)8-11-6(4)7/h3,7H2,1-2H3. The number of nitrogen functional groups attached to an aromatic ring is 1. The molecule has 1 aromatic heterocycles. The van der Waals surface area contributed by atoms with Crippen LogP contribution in [-0.2, 0) is 15.6 Å². The minimum Gasteiger partial charge on any atom is -0.367 e. The van der Waals surface area contributed by atoms with Gasteiger partial charge in [0.1, 0.15) is 5.69 Å². The first-order valence-electron chi connectivity index (χ1n) is 3.28. The van der Waals surface area contributed by atoms with Gasteiger partial charge in [-0.2, -0.15) is 0 Å². The van der Waals surface area contributed by atoms with Gasteiger partial charge in [0.15, 0.2) is 9.84 Å². The number of hydrogen-bond donors (Lipinski definition) is 1. The van der Waals surface area contributed by atoms with Crippen molar-refractivity contribution in [1.82, 2.24) is 5.16 Å². The summed E-state index contributed by atoms with van der Waals surface area (Å²) in [7, 11) is -3.06. The van der Waals surface area contributed by atoms with Gasteiger partial charge in [0.25, 0.3) is 0 Å². The summed E-state index contributed by atoms with van der Waals surface area (Å²) in [4.78, 5) is 0. The molecule has 0 aromatic carbocycles. The Morgan fingerprint density at radius 1 is 1.58 bits per heavy atom. The third kappa shape index (κ3) is 1.97. The van der Waals surface area contributed by atoms with Gasteiger partial charge in [0.2, 0.25) is 5.88 Å². The minimum absolute atomic E-state index is 0.125. The van der Waals surface area contributed by atoms with Crippen LogP contribution < -0.4 is 5.73 Å². The monoisotopic (exact) mass is 190 g/mol. The van der Waals surface area contributed by atoms with Crippen LogP contribution in [0.3, 0.4) is 0 Å². The lowest BCUT2D eigenvalue weighted by molar-refractivity contribution is 0.429. The Balaban J connectivity index is 2.99. The average Bonchev–Trinajstić information content (AvgIpc) is 2.16. The van der Waals surface area contributed by atoms with Crippen LogP contribution in [0.4, 0.5) is 5.88 Å². The predicted octanol–water partition coefficient (Wildman–Crippen LogP) is 0.110. The van der Waals surface area contributed by atoms with Gasteiger partial charge in [-0.05, 0) is 6.92 Å². The Kier molecular flexibility index (Phi) is 2.10. The van der Waals surface area contributed by atoms with Gasteiger partial charge in [0.05, 0.1) is 5.75 Å². The zero-order valence-corrected chi connectivity index (χ0v) is 7.68. The fourth-order valence-corrected chi connectivity index (χ4v) is 1.53. The molecule has 0 saturated heterocycles. The molecule has 0 radical (unpaired) electrons. The molecule has 2 N–H and O–H groups in total. The summed E-state index contributed by atoms with van der Waals surface area (Å²) in [5.41, 5.74) is 6.32. The number of aromatic nitrogens is 1. The van der Waals surface area contributed by atoms with Crippen molar-refractivity contribution >= 4 is 15.7 Å². The van der Waals surface area contributed by atoms with Gasteiger partial charge in [-0.15, -0.1) is 0 Å². The molecule has 0 fully saturated rings. The molecule has 5 nitrogen and oxygen atoms in total. The lowest BCUT2D eigenvalue weighted by Gasteiger charge is -1.92. The van der Waals surface area contributed by atoms with Crippen LogP contribution in [-0.4, -0.2) is 19.8 Å². The maximum atomic E-state index is 10.8. The molecule has 12 heavy (non-hydrogen) atoms. The third-order valence-electron chi connectivity index (χ3n) is 1.46. The van der Waals surface area contributed by atoms with Crippen LogP contribution in [0.2, 0.25) is 0 Å². The Hall–Kier alpha value is -1.04. The van der Waals surface area contributed by atoms with E-state index in [1.807, 2.05) is 0 Å². The zero-order valence-electron chi connectivity index (χ0n) is 6.86. The van der Waals surface area contributed by atoms with Crippen molar-refractivity contribution in [3.05, 3.63) is 11.3 Å². The first-order chi connectivity index (χ1) is 5.40. The largest absolute Gasteiger partial charge is 0.367 e. The van der Waals surface area contributed by atoms with E-state index in [2.05, 4.69) is 9.68 Å². The summed E-state index contributed by atoms with van der Waals surface area (Å²) < 4.78 is 26.3. The van der Waals surface area contributed by atoms with Gasteiger partial charge in [-0.3, -0.25) is 0 Å². The van der Waals surface area contributed by atoms with Gasteiger partial charge in [0, 0.05) is 11.8 Å². The van der Waals surface area contributed by atoms with E-state index in [0.29, 0.717) is 11.3 Å². The second-order valence-electron chi connectivity index (χ2n) is 2.69. The summed E-state index contributed by atoms with van der Waals surface area (Å²) in [5.74, 6) is 0.0492. The molecule has 1 heterocycles. The second-order valence-corrected chi connectivity index (χ2v) is 4.83. The Bertz CT molecular complexity index is 379. The molecule has 0 aliphatic carbocycles. The molecule has 68 valence electrons. The van der Waals surface area contributed by atoms with Crippen LogP contribution in [0.1, 0.15) is 11.3 Å². The third-order valence-corrected chi connectivity index (χ3v) is 2.25. The lowest BCUT2D eigenvalue weighted by atomic mass is 10.3. The fourth-order valence-electron chi connectivity index (χ4n) is 0.766. The molecule has 0 aliphatic rings. The predicted molar refractivity (Wildman–Crippen MR) is 44.2 cm³/mol. The van der Waals surface area contributed by atoms with Crippen molar-refractivity contribution in [3.8, 4) is 0 Å². The van der Waals surface area contributed by atoms with E-state index < -0.39 is 9.84 Å². The topological polar surface area (TPSA) is 86.2 Å². The molecule has 0 spiro atoms. The van der Waals surface area contributed by atoms with Crippen molar-refractivity contribution in [3.63, 3.8) is 0 Å². The van der Waals surface area contributed by atoms with Crippen LogP contribution in [0.15, 0.2) is 4.52 Å². The van der Waals surface area contributed by atoms with Gasteiger partial charge >= 0.3 is 0 Å². The van der Waals surface area contributed by atoms with Crippen molar-refractivity contribution in [2.75, 3.05) is 12.0 Å². The highest BCUT2D eigenvalue weighted by Gasteiger charge is 2.13. The van der Waals surface area contributed by atoms with Gasteiger partial charge in [-0.1, -0.05) is 5.16 Å². The zero-order chi connectivity index (χ0) is 9.35. The molecule has 1 aromatic rings. The van der Waals surface area contributed by atoms with Crippen LogP contribution in [0, 0.1) is 6.92 Å². The smallest absolute Gasteiger partial charge is 0.225 e. The molecule has 6 heteroatoms. The van der Waals surface area contributed by atoms with E-state index in [4.69, 9.17) is 5.73 Å². The molecular formula is C6H10N2O3S.